The van der Waals surface area contributed by atoms with Gasteiger partial charge in [-0.2, -0.15) is 0 Å². The minimum atomic E-state index is -1.72. The van der Waals surface area contributed by atoms with Crippen molar-refractivity contribution in [2.24, 2.45) is 0 Å². The topological polar surface area (TPSA) is 0 Å². The molecule has 0 heterocycles. The SMILES string of the molecule is [CH2]Cc1ccccc1.[Cl][Al]([Cl])[Cl]. The largest absolute Gasteiger partial charge is 0.643 e. The first-order chi connectivity index (χ1) is 5.66. The monoisotopic (exact) mass is 237 g/mol. The predicted molar refractivity (Wildman–Crippen MR) is 58.8 cm³/mol. The highest BCUT2D eigenvalue weighted by Gasteiger charge is 2.00. The van der Waals surface area contributed by atoms with Gasteiger partial charge in [-0.1, -0.05) is 30.3 Å². The van der Waals surface area contributed by atoms with Crippen LogP contribution in [0.3, 0.4) is 0 Å². The van der Waals surface area contributed by atoms with Crippen molar-refractivity contribution in [1.29, 1.82) is 0 Å². The van der Waals surface area contributed by atoms with Crippen molar-refractivity contribution >= 4 is 41.5 Å². The Morgan fingerprint density at radius 1 is 1.08 bits per heavy atom. The second-order valence-electron chi connectivity index (χ2n) is 1.98. The molecule has 0 N–H and O–H groups in total. The lowest BCUT2D eigenvalue weighted by Crippen LogP contribution is -1.74. The fraction of sp³-hybridized carbons (Fsp3) is 0.125. The Morgan fingerprint density at radius 2 is 1.50 bits per heavy atom. The molecular formula is C8H9AlCl3. The lowest BCUT2D eigenvalue weighted by Gasteiger charge is -1.89. The summed E-state index contributed by atoms with van der Waals surface area (Å²) in [5.74, 6) is 0. The van der Waals surface area contributed by atoms with E-state index in [0.29, 0.717) is 0 Å². The van der Waals surface area contributed by atoms with E-state index in [1.807, 2.05) is 18.2 Å². The van der Waals surface area contributed by atoms with E-state index in [1.54, 1.807) is 0 Å². The van der Waals surface area contributed by atoms with E-state index in [2.05, 4.69) is 19.1 Å². The van der Waals surface area contributed by atoms with E-state index in [4.69, 9.17) is 30.1 Å². The predicted octanol–water partition coefficient (Wildman–Crippen LogP) is 3.75. The van der Waals surface area contributed by atoms with Gasteiger partial charge in [-0.25, -0.2) is 30.1 Å². The van der Waals surface area contributed by atoms with E-state index in [9.17, 15) is 0 Å². The molecule has 1 aromatic carbocycles. The Bertz CT molecular complexity index is 186. The maximum atomic E-state index is 4.94. The fourth-order valence-electron chi connectivity index (χ4n) is 0.645. The molecule has 0 amide bonds. The summed E-state index contributed by atoms with van der Waals surface area (Å²) in [6, 6.07) is 10.2. The Balaban J connectivity index is 0.000000261. The average Bonchev–Trinajstić information content (AvgIpc) is 2.05. The van der Waals surface area contributed by atoms with Gasteiger partial charge in [0.25, 0.3) is 0 Å². The molecule has 0 spiro atoms. The summed E-state index contributed by atoms with van der Waals surface area (Å²) in [5.41, 5.74) is 1.30. The maximum absolute atomic E-state index is 4.94. The number of rotatable bonds is 1. The van der Waals surface area contributed by atoms with Crippen molar-refractivity contribution in [1.82, 2.24) is 0 Å². The fourth-order valence-corrected chi connectivity index (χ4v) is 0.645. The molecule has 12 heavy (non-hydrogen) atoms. The molecule has 0 nitrogen and oxygen atoms in total. The first-order valence-electron chi connectivity index (χ1n) is 3.42. The number of halogens is 3. The van der Waals surface area contributed by atoms with E-state index in [0.717, 1.165) is 6.42 Å². The molecule has 0 saturated carbocycles. The molecule has 4 heteroatoms. The van der Waals surface area contributed by atoms with Gasteiger partial charge in [-0.3, -0.25) is 0 Å². The third-order valence-corrected chi connectivity index (χ3v) is 1.13. The lowest BCUT2D eigenvalue weighted by atomic mass is 10.2. The van der Waals surface area contributed by atoms with E-state index in [-0.39, 0.29) is 0 Å². The van der Waals surface area contributed by atoms with Gasteiger partial charge in [0.15, 0.2) is 0 Å². The molecule has 0 unspecified atom stereocenters. The van der Waals surface area contributed by atoms with Gasteiger partial charge < -0.3 is 0 Å². The summed E-state index contributed by atoms with van der Waals surface area (Å²) in [6.45, 7) is 3.76. The van der Waals surface area contributed by atoms with Gasteiger partial charge in [0.2, 0.25) is 0 Å². The molecule has 0 bridgehead atoms. The molecule has 0 saturated heterocycles. The van der Waals surface area contributed by atoms with Gasteiger partial charge in [0.05, 0.1) is 0 Å². The van der Waals surface area contributed by atoms with Crippen LogP contribution in [-0.2, 0) is 6.42 Å². The standard InChI is InChI=1S/C8H9.Al.3ClH/c1-2-8-6-4-3-5-7-8;;;;/h3-7H,1-2H2;;3*1H/q;+3;;;/p-3. The van der Waals surface area contributed by atoms with Crippen LogP contribution in [0.4, 0.5) is 0 Å². The van der Waals surface area contributed by atoms with Crippen molar-refractivity contribution in [2.75, 3.05) is 0 Å². The van der Waals surface area contributed by atoms with Crippen LogP contribution in [-0.4, -0.2) is 11.4 Å². The van der Waals surface area contributed by atoms with Crippen LogP contribution in [0, 0.1) is 6.92 Å². The maximum Gasteiger partial charge on any atom is 0.643 e. The molecule has 1 radical (unpaired) electrons. The number of benzene rings is 1. The molecular weight excluding hydrogens is 229 g/mol. The van der Waals surface area contributed by atoms with Crippen molar-refractivity contribution in [3.63, 3.8) is 0 Å². The Morgan fingerprint density at radius 3 is 1.75 bits per heavy atom. The zero-order chi connectivity index (χ0) is 9.40. The Hall–Kier alpha value is 0.622. The molecule has 0 atom stereocenters. The minimum Gasteiger partial charge on any atom is -0.214 e. The van der Waals surface area contributed by atoms with Crippen LogP contribution in [0.25, 0.3) is 0 Å². The molecule has 0 aliphatic rings. The van der Waals surface area contributed by atoms with E-state index in [1.165, 1.54) is 5.56 Å². The average molecular weight is 239 g/mol. The molecule has 0 aliphatic heterocycles. The Kier molecular flexibility index (Phi) is 8.66. The van der Waals surface area contributed by atoms with Crippen LogP contribution < -0.4 is 0 Å². The van der Waals surface area contributed by atoms with Crippen molar-refractivity contribution < 1.29 is 0 Å². The molecule has 1 aromatic rings. The van der Waals surface area contributed by atoms with Crippen molar-refractivity contribution in [3.05, 3.63) is 42.8 Å². The highest BCUT2D eigenvalue weighted by atomic mass is 35.8. The third-order valence-electron chi connectivity index (χ3n) is 1.13. The summed E-state index contributed by atoms with van der Waals surface area (Å²) in [6.07, 6.45) is 0.890. The van der Waals surface area contributed by atoms with Gasteiger partial charge in [0, 0.05) is 0 Å². The Labute approximate surface area is 90.4 Å². The minimum absolute atomic E-state index is 0.890. The first-order valence-corrected chi connectivity index (χ1v) is 8.66. The van der Waals surface area contributed by atoms with Crippen molar-refractivity contribution in [2.45, 2.75) is 6.42 Å². The van der Waals surface area contributed by atoms with Gasteiger partial charge in [-0.15, -0.1) is 0 Å². The highest BCUT2D eigenvalue weighted by molar-refractivity contribution is 7.54. The summed E-state index contributed by atoms with van der Waals surface area (Å²) in [7, 11) is 14.8. The molecule has 1 rings (SSSR count). The highest BCUT2D eigenvalue weighted by Crippen LogP contribution is 1.97. The summed E-state index contributed by atoms with van der Waals surface area (Å²) < 4.78 is 0. The normalized spacial score (nSPS) is 8.33. The number of hydrogen-bond donors (Lipinski definition) is 0. The quantitative estimate of drug-likeness (QED) is 0.654. The molecule has 0 aromatic heterocycles. The van der Waals surface area contributed by atoms with E-state index < -0.39 is 11.4 Å². The number of hydrogen-bond acceptors (Lipinski definition) is 0. The van der Waals surface area contributed by atoms with Gasteiger partial charge in [0.1, 0.15) is 0 Å². The van der Waals surface area contributed by atoms with Crippen molar-refractivity contribution in [3.8, 4) is 0 Å². The van der Waals surface area contributed by atoms with E-state index >= 15 is 0 Å². The van der Waals surface area contributed by atoms with Crippen LogP contribution in [0.2, 0.25) is 0 Å². The second kappa shape index (κ2) is 8.23. The second-order valence-corrected chi connectivity index (χ2v) is 8.42. The summed E-state index contributed by atoms with van der Waals surface area (Å²) in [4.78, 5) is 0. The summed E-state index contributed by atoms with van der Waals surface area (Å²) >= 11 is -1.72. The van der Waals surface area contributed by atoms with Crippen LogP contribution >= 0.6 is 30.1 Å². The van der Waals surface area contributed by atoms with Gasteiger partial charge in [-0.05, 0) is 18.9 Å². The first kappa shape index (κ1) is 12.6. The molecule has 0 aliphatic carbocycles. The zero-order valence-corrected chi connectivity index (χ0v) is 9.93. The lowest BCUT2D eigenvalue weighted by molar-refractivity contribution is 1.27. The zero-order valence-electron chi connectivity index (χ0n) is 6.51. The smallest absolute Gasteiger partial charge is 0.214 e. The summed E-state index contributed by atoms with van der Waals surface area (Å²) in [5, 5.41) is 0. The van der Waals surface area contributed by atoms with Gasteiger partial charge >= 0.3 is 11.4 Å². The molecule has 65 valence electrons. The van der Waals surface area contributed by atoms with Crippen LogP contribution in [0.1, 0.15) is 5.56 Å². The molecule has 0 fully saturated rings. The third kappa shape index (κ3) is 8.72. The van der Waals surface area contributed by atoms with Crippen LogP contribution in [0.15, 0.2) is 30.3 Å². The van der Waals surface area contributed by atoms with Crippen LogP contribution in [0.5, 0.6) is 0 Å².